The maximum Gasteiger partial charge on any atom is 0.416 e. The van der Waals surface area contributed by atoms with E-state index < -0.39 is 17.6 Å². The van der Waals surface area contributed by atoms with E-state index >= 15 is 0 Å². The van der Waals surface area contributed by atoms with Crippen LogP contribution in [0.4, 0.5) is 17.6 Å². The average Bonchev–Trinajstić information content (AvgIpc) is 2.61. The van der Waals surface area contributed by atoms with Gasteiger partial charge in [0.2, 0.25) is 0 Å². The number of ether oxygens (including phenoxy) is 1. The van der Waals surface area contributed by atoms with E-state index in [0.717, 1.165) is 51.2 Å². The van der Waals surface area contributed by atoms with Crippen molar-refractivity contribution in [2.75, 3.05) is 33.9 Å². The molecule has 1 aromatic rings. The number of guanidine groups is 1. The van der Waals surface area contributed by atoms with Gasteiger partial charge in [0.1, 0.15) is 5.82 Å². The van der Waals surface area contributed by atoms with E-state index in [1.165, 1.54) is 0 Å². The Bertz CT molecular complexity index is 619. The predicted molar refractivity (Wildman–Crippen MR) is 108 cm³/mol. The monoisotopic (exact) mass is 503 g/mol. The van der Waals surface area contributed by atoms with Crippen molar-refractivity contribution >= 4 is 29.9 Å². The first kappa shape index (κ1) is 23.9. The Hall–Kier alpha value is -1.10. The third-order valence-electron chi connectivity index (χ3n) is 4.60. The van der Waals surface area contributed by atoms with E-state index in [9.17, 15) is 17.6 Å². The van der Waals surface area contributed by atoms with Crippen molar-refractivity contribution < 1.29 is 22.3 Å². The lowest BCUT2D eigenvalue weighted by Gasteiger charge is -2.27. The maximum atomic E-state index is 13.2. The molecule has 0 spiro atoms. The number of halogens is 5. The zero-order valence-corrected chi connectivity index (χ0v) is 17.8. The fourth-order valence-corrected chi connectivity index (χ4v) is 3.04. The number of alkyl halides is 3. The molecular formula is C18H26F4IN3O. The molecule has 9 heteroatoms. The molecule has 0 saturated carbocycles. The molecule has 0 radical (unpaired) electrons. The van der Waals surface area contributed by atoms with E-state index in [1.54, 1.807) is 7.05 Å². The van der Waals surface area contributed by atoms with Crippen LogP contribution in [-0.4, -0.2) is 44.7 Å². The van der Waals surface area contributed by atoms with Gasteiger partial charge >= 0.3 is 6.18 Å². The van der Waals surface area contributed by atoms with Crippen LogP contribution in [0.3, 0.4) is 0 Å². The molecule has 1 N–H and O–H groups in total. The Morgan fingerprint density at radius 2 is 1.96 bits per heavy atom. The molecule has 0 unspecified atom stereocenters. The van der Waals surface area contributed by atoms with Crippen LogP contribution in [-0.2, 0) is 17.5 Å². The summed E-state index contributed by atoms with van der Waals surface area (Å²) >= 11 is 0. The first-order chi connectivity index (χ1) is 12.3. The summed E-state index contributed by atoms with van der Waals surface area (Å²) in [5.41, 5.74) is -0.983. The second-order valence-corrected chi connectivity index (χ2v) is 6.47. The van der Waals surface area contributed by atoms with Gasteiger partial charge in [-0.25, -0.2) is 4.39 Å². The summed E-state index contributed by atoms with van der Waals surface area (Å²) in [6.45, 7) is 2.24. The summed E-state index contributed by atoms with van der Waals surface area (Å²) in [5.74, 6) is 0.201. The summed E-state index contributed by atoms with van der Waals surface area (Å²) in [6.07, 6.45) is -1.56. The summed E-state index contributed by atoms with van der Waals surface area (Å²) in [4.78, 5) is 6.02. The fourth-order valence-electron chi connectivity index (χ4n) is 3.04. The van der Waals surface area contributed by atoms with Gasteiger partial charge in [-0.05, 0) is 42.9 Å². The molecule has 2 rings (SSSR count). The molecule has 0 aliphatic carbocycles. The zero-order chi connectivity index (χ0) is 19.2. The van der Waals surface area contributed by atoms with E-state index in [-0.39, 0.29) is 36.1 Å². The standard InChI is InChI=1S/C18H25F4N3O.HI/c1-23-17(25(2)8-5-13-6-9-26-10-7-13)24-12-14-3-4-15(19)11-16(14)18(20,21)22;/h3-4,11,13H,5-10,12H2,1-2H3,(H,23,24);1H. The third-order valence-corrected chi connectivity index (χ3v) is 4.60. The van der Waals surface area contributed by atoms with Gasteiger partial charge in [-0.2, -0.15) is 13.2 Å². The molecule has 0 aromatic heterocycles. The molecule has 1 aromatic carbocycles. The van der Waals surface area contributed by atoms with Gasteiger partial charge in [0.25, 0.3) is 0 Å². The van der Waals surface area contributed by atoms with Crippen molar-refractivity contribution in [2.24, 2.45) is 10.9 Å². The van der Waals surface area contributed by atoms with E-state index in [0.29, 0.717) is 17.9 Å². The molecule has 27 heavy (non-hydrogen) atoms. The summed E-state index contributed by atoms with van der Waals surface area (Å²) < 4.78 is 57.8. The lowest BCUT2D eigenvalue weighted by Crippen LogP contribution is -2.40. The summed E-state index contributed by atoms with van der Waals surface area (Å²) in [5, 5.41) is 2.93. The van der Waals surface area contributed by atoms with Crippen LogP contribution in [0, 0.1) is 11.7 Å². The zero-order valence-electron chi connectivity index (χ0n) is 15.5. The topological polar surface area (TPSA) is 36.9 Å². The van der Waals surface area contributed by atoms with Crippen LogP contribution < -0.4 is 5.32 Å². The number of nitrogens with zero attached hydrogens (tertiary/aromatic N) is 2. The van der Waals surface area contributed by atoms with Gasteiger partial charge in [-0.3, -0.25) is 4.99 Å². The van der Waals surface area contributed by atoms with Gasteiger partial charge in [-0.1, -0.05) is 6.07 Å². The molecule has 0 atom stereocenters. The van der Waals surface area contributed by atoms with E-state index in [4.69, 9.17) is 4.74 Å². The highest BCUT2D eigenvalue weighted by molar-refractivity contribution is 14.0. The summed E-state index contributed by atoms with van der Waals surface area (Å²) in [6, 6.07) is 2.71. The van der Waals surface area contributed by atoms with Crippen molar-refractivity contribution in [3.8, 4) is 0 Å². The first-order valence-electron chi connectivity index (χ1n) is 8.66. The molecule has 1 heterocycles. The van der Waals surface area contributed by atoms with Gasteiger partial charge < -0.3 is 15.0 Å². The minimum absolute atomic E-state index is 0. The van der Waals surface area contributed by atoms with Crippen LogP contribution in [0.2, 0.25) is 0 Å². The van der Waals surface area contributed by atoms with Crippen molar-refractivity contribution in [3.63, 3.8) is 0 Å². The number of hydrogen-bond acceptors (Lipinski definition) is 2. The summed E-state index contributed by atoms with van der Waals surface area (Å²) in [7, 11) is 3.44. The molecule has 0 bridgehead atoms. The number of nitrogens with one attached hydrogen (secondary N) is 1. The first-order valence-corrected chi connectivity index (χ1v) is 8.66. The van der Waals surface area contributed by atoms with Crippen LogP contribution in [0.25, 0.3) is 0 Å². The molecule has 0 amide bonds. The third kappa shape index (κ3) is 7.44. The Kier molecular flexibility index (Phi) is 9.78. The van der Waals surface area contributed by atoms with E-state index in [1.807, 2.05) is 11.9 Å². The second-order valence-electron chi connectivity index (χ2n) is 6.47. The number of hydrogen-bond donors (Lipinski definition) is 1. The van der Waals surface area contributed by atoms with Crippen LogP contribution in [0.5, 0.6) is 0 Å². The Morgan fingerprint density at radius 3 is 2.56 bits per heavy atom. The Balaban J connectivity index is 0.00000364. The smallest absolute Gasteiger partial charge is 0.381 e. The normalized spacial score (nSPS) is 16.0. The quantitative estimate of drug-likeness (QED) is 0.282. The Morgan fingerprint density at radius 1 is 1.30 bits per heavy atom. The van der Waals surface area contributed by atoms with Crippen LogP contribution >= 0.6 is 24.0 Å². The molecule has 4 nitrogen and oxygen atoms in total. The van der Waals surface area contributed by atoms with Gasteiger partial charge in [0.05, 0.1) is 5.56 Å². The number of rotatable bonds is 5. The Labute approximate surface area is 174 Å². The molecular weight excluding hydrogens is 477 g/mol. The van der Waals surface area contributed by atoms with Crippen molar-refractivity contribution in [2.45, 2.75) is 32.0 Å². The minimum atomic E-state index is -4.60. The fraction of sp³-hybridized carbons (Fsp3) is 0.611. The molecule has 1 saturated heterocycles. The lowest BCUT2D eigenvalue weighted by molar-refractivity contribution is -0.138. The average molecular weight is 503 g/mol. The molecule has 1 fully saturated rings. The number of benzene rings is 1. The van der Waals surface area contributed by atoms with Crippen LogP contribution in [0.1, 0.15) is 30.4 Å². The van der Waals surface area contributed by atoms with Gasteiger partial charge in [-0.15, -0.1) is 24.0 Å². The number of aliphatic imine (C=N–C) groups is 1. The lowest BCUT2D eigenvalue weighted by atomic mass is 9.96. The molecule has 154 valence electrons. The van der Waals surface area contributed by atoms with Crippen molar-refractivity contribution in [1.29, 1.82) is 0 Å². The second kappa shape index (κ2) is 11.0. The minimum Gasteiger partial charge on any atom is -0.381 e. The van der Waals surface area contributed by atoms with E-state index in [2.05, 4.69) is 10.3 Å². The van der Waals surface area contributed by atoms with Gasteiger partial charge in [0, 0.05) is 40.4 Å². The molecule has 1 aliphatic heterocycles. The maximum absolute atomic E-state index is 13.2. The van der Waals surface area contributed by atoms with Crippen LogP contribution in [0.15, 0.2) is 23.2 Å². The highest BCUT2D eigenvalue weighted by atomic mass is 127. The highest BCUT2D eigenvalue weighted by Gasteiger charge is 2.33. The largest absolute Gasteiger partial charge is 0.416 e. The predicted octanol–water partition coefficient (Wildman–Crippen LogP) is 4.29. The molecule has 1 aliphatic rings. The SMILES string of the molecule is CN=C(NCc1ccc(F)cc1C(F)(F)F)N(C)CCC1CCOCC1.I. The van der Waals surface area contributed by atoms with Gasteiger partial charge in [0.15, 0.2) is 5.96 Å². The van der Waals surface area contributed by atoms with Crippen molar-refractivity contribution in [1.82, 2.24) is 10.2 Å². The highest BCUT2D eigenvalue weighted by Crippen LogP contribution is 2.32. The van der Waals surface area contributed by atoms with Crippen molar-refractivity contribution in [3.05, 3.63) is 35.1 Å².